The van der Waals surface area contributed by atoms with Crippen LogP contribution in [0.15, 0.2) is 12.2 Å². The van der Waals surface area contributed by atoms with Gasteiger partial charge in [-0.1, -0.05) is 44.3 Å². The van der Waals surface area contributed by atoms with Gasteiger partial charge in [0, 0.05) is 13.8 Å². The molecule has 0 heterocycles. The van der Waals surface area contributed by atoms with Crippen LogP contribution < -0.4 is 0 Å². The summed E-state index contributed by atoms with van der Waals surface area (Å²) in [4.78, 5) is 21.0. The van der Waals surface area contributed by atoms with Gasteiger partial charge in [-0.05, 0) is 19.3 Å². The molecule has 0 radical (unpaired) electrons. The van der Waals surface area contributed by atoms with E-state index in [1.165, 1.54) is 46.0 Å². The van der Waals surface area contributed by atoms with Crippen molar-refractivity contribution in [3.8, 4) is 0 Å². The topological polar surface area (TPSA) is 52.6 Å². The maximum atomic E-state index is 10.5. The van der Waals surface area contributed by atoms with E-state index in [4.69, 9.17) is 9.47 Å². The van der Waals surface area contributed by atoms with Gasteiger partial charge in [0.2, 0.25) is 0 Å². The molecule has 0 rings (SSSR count). The summed E-state index contributed by atoms with van der Waals surface area (Å²) in [6.45, 7) is 3.81. The van der Waals surface area contributed by atoms with Crippen molar-refractivity contribution in [3.63, 3.8) is 0 Å². The van der Waals surface area contributed by atoms with Crippen molar-refractivity contribution in [2.75, 3.05) is 13.2 Å². The molecule has 0 aliphatic heterocycles. The summed E-state index contributed by atoms with van der Waals surface area (Å²) in [6.07, 6.45) is 13.3. The Morgan fingerprint density at radius 1 is 0.750 bits per heavy atom. The fraction of sp³-hybridized carbons (Fsp3) is 0.750. The Hall–Kier alpha value is -1.32. The quantitative estimate of drug-likeness (QED) is 0.311. The second-order valence-electron chi connectivity index (χ2n) is 4.88. The Morgan fingerprint density at radius 3 is 1.90 bits per heavy atom. The van der Waals surface area contributed by atoms with Gasteiger partial charge in [0.1, 0.15) is 6.61 Å². The Bertz CT molecular complexity index is 284. The van der Waals surface area contributed by atoms with E-state index in [1.54, 1.807) is 0 Å². The molecule has 0 unspecified atom stereocenters. The van der Waals surface area contributed by atoms with Crippen molar-refractivity contribution in [2.45, 2.75) is 65.2 Å². The molecule has 0 atom stereocenters. The lowest BCUT2D eigenvalue weighted by Gasteiger charge is -2.02. The zero-order chi connectivity index (χ0) is 15.1. The predicted octanol–water partition coefficient (Wildman–Crippen LogP) is 3.79. The van der Waals surface area contributed by atoms with Crippen molar-refractivity contribution >= 4 is 11.9 Å². The largest absolute Gasteiger partial charge is 0.466 e. The first-order valence-corrected chi connectivity index (χ1v) is 7.54. The SMILES string of the molecule is CC(=O)OC/C=C/CCCCCCCCCOC(C)=O. The molecule has 0 fully saturated rings. The molecule has 0 amide bonds. The van der Waals surface area contributed by atoms with E-state index in [9.17, 15) is 9.59 Å². The van der Waals surface area contributed by atoms with E-state index in [0.717, 1.165) is 19.3 Å². The second kappa shape index (κ2) is 14.1. The maximum Gasteiger partial charge on any atom is 0.302 e. The van der Waals surface area contributed by atoms with Crippen LogP contribution in [0.5, 0.6) is 0 Å². The van der Waals surface area contributed by atoms with Gasteiger partial charge in [-0.25, -0.2) is 0 Å². The number of hydrogen-bond acceptors (Lipinski definition) is 4. The molecular weight excluding hydrogens is 256 g/mol. The molecule has 0 N–H and O–H groups in total. The molecule has 116 valence electrons. The summed E-state index contributed by atoms with van der Waals surface area (Å²) in [5, 5.41) is 0. The van der Waals surface area contributed by atoms with Crippen LogP contribution in [0.4, 0.5) is 0 Å². The Labute approximate surface area is 122 Å². The van der Waals surface area contributed by atoms with E-state index in [-0.39, 0.29) is 11.9 Å². The minimum absolute atomic E-state index is 0.188. The predicted molar refractivity (Wildman–Crippen MR) is 79.3 cm³/mol. The van der Waals surface area contributed by atoms with Crippen molar-refractivity contribution in [1.29, 1.82) is 0 Å². The fourth-order valence-electron chi connectivity index (χ4n) is 1.82. The van der Waals surface area contributed by atoms with Gasteiger partial charge in [-0.15, -0.1) is 0 Å². The minimum Gasteiger partial charge on any atom is -0.466 e. The molecular formula is C16H28O4. The number of esters is 2. The molecule has 0 aliphatic carbocycles. The summed E-state index contributed by atoms with van der Waals surface area (Å²) in [6, 6.07) is 0. The van der Waals surface area contributed by atoms with E-state index in [1.807, 2.05) is 6.08 Å². The van der Waals surface area contributed by atoms with Gasteiger partial charge >= 0.3 is 11.9 Å². The molecule has 0 spiro atoms. The Balaban J connectivity index is 3.09. The fourth-order valence-corrected chi connectivity index (χ4v) is 1.82. The lowest BCUT2D eigenvalue weighted by Crippen LogP contribution is -2.00. The molecule has 0 bridgehead atoms. The summed E-state index contributed by atoms with van der Waals surface area (Å²) in [5.74, 6) is -0.421. The normalized spacial score (nSPS) is 10.7. The van der Waals surface area contributed by atoms with Crippen molar-refractivity contribution in [3.05, 3.63) is 12.2 Å². The van der Waals surface area contributed by atoms with Crippen LogP contribution in [0.2, 0.25) is 0 Å². The second-order valence-corrected chi connectivity index (χ2v) is 4.88. The summed E-state index contributed by atoms with van der Waals surface area (Å²) in [5.41, 5.74) is 0. The van der Waals surface area contributed by atoms with Gasteiger partial charge in [0.05, 0.1) is 6.61 Å². The molecule has 0 aromatic heterocycles. The monoisotopic (exact) mass is 284 g/mol. The zero-order valence-corrected chi connectivity index (χ0v) is 12.9. The van der Waals surface area contributed by atoms with E-state index < -0.39 is 0 Å². The molecule has 0 aromatic carbocycles. The number of ether oxygens (including phenoxy) is 2. The highest BCUT2D eigenvalue weighted by Crippen LogP contribution is 2.09. The summed E-state index contributed by atoms with van der Waals surface area (Å²) < 4.78 is 9.66. The van der Waals surface area contributed by atoms with Crippen molar-refractivity contribution in [1.82, 2.24) is 0 Å². The van der Waals surface area contributed by atoms with Gasteiger partial charge in [0.15, 0.2) is 0 Å². The van der Waals surface area contributed by atoms with Crippen molar-refractivity contribution in [2.24, 2.45) is 0 Å². The molecule has 4 heteroatoms. The average Bonchev–Trinajstić information content (AvgIpc) is 2.38. The van der Waals surface area contributed by atoms with E-state index in [0.29, 0.717) is 13.2 Å². The number of unbranched alkanes of at least 4 members (excludes halogenated alkanes) is 7. The number of rotatable bonds is 12. The molecule has 20 heavy (non-hydrogen) atoms. The van der Waals surface area contributed by atoms with Crippen LogP contribution in [0.1, 0.15) is 65.2 Å². The van der Waals surface area contributed by atoms with E-state index >= 15 is 0 Å². The minimum atomic E-state index is -0.233. The van der Waals surface area contributed by atoms with Gasteiger partial charge in [-0.3, -0.25) is 9.59 Å². The van der Waals surface area contributed by atoms with Crippen LogP contribution in [0, 0.1) is 0 Å². The smallest absolute Gasteiger partial charge is 0.302 e. The molecule has 0 aromatic rings. The average molecular weight is 284 g/mol. The molecule has 0 saturated carbocycles. The Kier molecular flexibility index (Phi) is 13.2. The number of hydrogen-bond donors (Lipinski definition) is 0. The summed E-state index contributed by atoms with van der Waals surface area (Å²) in [7, 11) is 0. The third-order valence-corrected chi connectivity index (χ3v) is 2.87. The highest BCUT2D eigenvalue weighted by atomic mass is 16.5. The third kappa shape index (κ3) is 16.7. The van der Waals surface area contributed by atoms with Crippen LogP contribution in [-0.4, -0.2) is 25.2 Å². The van der Waals surface area contributed by atoms with Gasteiger partial charge < -0.3 is 9.47 Å². The van der Waals surface area contributed by atoms with Crippen LogP contribution in [-0.2, 0) is 19.1 Å². The van der Waals surface area contributed by atoms with Gasteiger partial charge in [-0.2, -0.15) is 0 Å². The van der Waals surface area contributed by atoms with Crippen LogP contribution in [0.25, 0.3) is 0 Å². The zero-order valence-electron chi connectivity index (χ0n) is 12.9. The number of carbonyl (C=O) groups excluding carboxylic acids is 2. The van der Waals surface area contributed by atoms with Crippen LogP contribution in [0.3, 0.4) is 0 Å². The highest BCUT2D eigenvalue weighted by Gasteiger charge is 1.94. The maximum absolute atomic E-state index is 10.5. The molecule has 0 saturated heterocycles. The first-order valence-electron chi connectivity index (χ1n) is 7.54. The summed E-state index contributed by atoms with van der Waals surface area (Å²) >= 11 is 0. The molecule has 4 nitrogen and oxygen atoms in total. The molecule has 0 aliphatic rings. The van der Waals surface area contributed by atoms with Crippen LogP contribution >= 0.6 is 0 Å². The van der Waals surface area contributed by atoms with Crippen molar-refractivity contribution < 1.29 is 19.1 Å². The first kappa shape index (κ1) is 18.7. The Morgan fingerprint density at radius 2 is 1.30 bits per heavy atom. The van der Waals surface area contributed by atoms with E-state index in [2.05, 4.69) is 6.08 Å². The number of carbonyl (C=O) groups is 2. The highest BCUT2D eigenvalue weighted by molar-refractivity contribution is 5.66. The third-order valence-electron chi connectivity index (χ3n) is 2.87. The standard InChI is InChI=1S/C16H28O4/c1-15(17)19-13-11-9-7-5-3-4-6-8-10-12-14-20-16(2)18/h9,11H,3-8,10,12-14H2,1-2H3/b11-9+. The lowest BCUT2D eigenvalue weighted by molar-refractivity contribution is -0.141. The lowest BCUT2D eigenvalue weighted by atomic mass is 10.1. The number of allylic oxidation sites excluding steroid dienone is 1. The van der Waals surface area contributed by atoms with Gasteiger partial charge in [0.25, 0.3) is 0 Å². The first-order chi connectivity index (χ1) is 9.63.